The Morgan fingerprint density at radius 1 is 1.18 bits per heavy atom. The molecule has 0 radical (unpaired) electrons. The van der Waals surface area contributed by atoms with Crippen LogP contribution in [0.5, 0.6) is 0 Å². The van der Waals surface area contributed by atoms with Gasteiger partial charge in [-0.15, -0.1) is 16.8 Å². The van der Waals surface area contributed by atoms with Crippen molar-refractivity contribution in [2.45, 2.75) is 18.1 Å². The number of nitrogens with zero attached hydrogens (tertiary/aromatic N) is 4. The molecule has 0 N–H and O–H groups in total. The van der Waals surface area contributed by atoms with Gasteiger partial charge in [0.05, 0.1) is 5.75 Å². The lowest BCUT2D eigenvalue weighted by Crippen LogP contribution is -2.30. The Bertz CT molecular complexity index is 1020. The second-order valence-electron chi connectivity index (χ2n) is 6.43. The van der Waals surface area contributed by atoms with Crippen molar-refractivity contribution in [3.05, 3.63) is 72.6 Å². The number of anilines is 1. The minimum Gasteiger partial charge on any atom is -0.311 e. The zero-order chi connectivity index (χ0) is 19.5. The molecule has 142 valence electrons. The first kappa shape index (κ1) is 18.4. The molecule has 1 aliphatic rings. The van der Waals surface area contributed by atoms with Gasteiger partial charge in [-0.3, -0.25) is 9.36 Å². The molecular weight excluding hydrogens is 375 g/mol. The third kappa shape index (κ3) is 3.57. The van der Waals surface area contributed by atoms with Gasteiger partial charge in [-0.25, -0.2) is 4.39 Å². The van der Waals surface area contributed by atoms with Crippen LogP contribution < -0.4 is 4.90 Å². The maximum atomic E-state index is 13.2. The number of hydrogen-bond acceptors (Lipinski definition) is 4. The van der Waals surface area contributed by atoms with E-state index in [2.05, 4.69) is 22.8 Å². The molecule has 1 amide bonds. The predicted molar refractivity (Wildman–Crippen MR) is 109 cm³/mol. The molecule has 7 heteroatoms. The van der Waals surface area contributed by atoms with Crippen LogP contribution in [0, 0.1) is 5.82 Å². The highest BCUT2D eigenvalue weighted by Crippen LogP contribution is 2.29. The van der Waals surface area contributed by atoms with Crippen molar-refractivity contribution in [3.8, 4) is 11.4 Å². The molecule has 28 heavy (non-hydrogen) atoms. The van der Waals surface area contributed by atoms with Crippen LogP contribution in [0.25, 0.3) is 11.4 Å². The first-order valence-electron chi connectivity index (χ1n) is 8.98. The number of amides is 1. The van der Waals surface area contributed by atoms with E-state index in [1.165, 1.54) is 29.5 Å². The highest BCUT2D eigenvalue weighted by atomic mass is 32.2. The molecule has 0 fully saturated rings. The van der Waals surface area contributed by atoms with Gasteiger partial charge in [-0.1, -0.05) is 36.0 Å². The van der Waals surface area contributed by atoms with Gasteiger partial charge in [-0.05, 0) is 42.3 Å². The molecule has 1 aliphatic heterocycles. The first-order valence-corrected chi connectivity index (χ1v) is 9.97. The number of benzene rings is 2. The summed E-state index contributed by atoms with van der Waals surface area (Å²) in [6, 6.07) is 14.1. The first-order chi connectivity index (χ1) is 13.7. The molecule has 2 aromatic carbocycles. The van der Waals surface area contributed by atoms with Crippen LogP contribution in [0.15, 0.2) is 66.3 Å². The molecule has 0 unspecified atom stereocenters. The van der Waals surface area contributed by atoms with E-state index in [1.807, 2.05) is 27.7 Å². The number of hydrogen-bond donors (Lipinski definition) is 0. The van der Waals surface area contributed by atoms with Crippen LogP contribution in [0.3, 0.4) is 0 Å². The number of rotatable bonds is 6. The van der Waals surface area contributed by atoms with Crippen molar-refractivity contribution < 1.29 is 9.18 Å². The largest absolute Gasteiger partial charge is 0.311 e. The van der Waals surface area contributed by atoms with E-state index in [0.29, 0.717) is 24.1 Å². The van der Waals surface area contributed by atoms with Crippen LogP contribution in [0.1, 0.15) is 5.56 Å². The van der Waals surface area contributed by atoms with Gasteiger partial charge in [0.1, 0.15) is 5.82 Å². The highest BCUT2D eigenvalue weighted by Gasteiger charge is 2.25. The van der Waals surface area contributed by atoms with Gasteiger partial charge in [0.25, 0.3) is 0 Å². The molecule has 2 heterocycles. The number of thioether (sulfide) groups is 1. The number of aromatic nitrogens is 3. The van der Waals surface area contributed by atoms with Crippen molar-refractivity contribution in [1.82, 2.24) is 14.8 Å². The molecule has 0 bridgehead atoms. The van der Waals surface area contributed by atoms with Crippen molar-refractivity contribution in [1.29, 1.82) is 0 Å². The fourth-order valence-electron chi connectivity index (χ4n) is 3.30. The van der Waals surface area contributed by atoms with Gasteiger partial charge in [0, 0.05) is 24.3 Å². The topological polar surface area (TPSA) is 51.0 Å². The monoisotopic (exact) mass is 394 g/mol. The number of allylic oxidation sites excluding steroid dienone is 1. The van der Waals surface area contributed by atoms with Crippen LogP contribution in [0.4, 0.5) is 10.1 Å². The minimum absolute atomic E-state index is 0.0476. The molecule has 0 saturated carbocycles. The normalized spacial score (nSPS) is 12.8. The smallest absolute Gasteiger partial charge is 0.237 e. The summed E-state index contributed by atoms with van der Waals surface area (Å²) in [5.41, 5.74) is 2.96. The average molecular weight is 394 g/mol. The summed E-state index contributed by atoms with van der Waals surface area (Å²) in [5, 5.41) is 9.12. The summed E-state index contributed by atoms with van der Waals surface area (Å²) < 4.78 is 15.1. The summed E-state index contributed by atoms with van der Waals surface area (Å²) in [5.74, 6) is 0.643. The molecule has 5 nitrogen and oxygen atoms in total. The second kappa shape index (κ2) is 7.98. The molecule has 0 spiro atoms. The Morgan fingerprint density at radius 3 is 2.75 bits per heavy atom. The van der Waals surface area contributed by atoms with Gasteiger partial charge in [0.2, 0.25) is 5.91 Å². The van der Waals surface area contributed by atoms with Gasteiger partial charge < -0.3 is 4.90 Å². The Kier molecular flexibility index (Phi) is 5.25. The lowest BCUT2D eigenvalue weighted by molar-refractivity contribution is -0.116. The maximum absolute atomic E-state index is 13.2. The lowest BCUT2D eigenvalue weighted by atomic mass is 10.2. The van der Waals surface area contributed by atoms with Crippen LogP contribution in [-0.4, -0.2) is 33.0 Å². The van der Waals surface area contributed by atoms with E-state index < -0.39 is 0 Å². The third-order valence-electron chi connectivity index (χ3n) is 4.64. The predicted octanol–water partition coefficient (Wildman–Crippen LogP) is 3.95. The fraction of sp³-hybridized carbons (Fsp3) is 0.190. The Balaban J connectivity index is 1.51. The van der Waals surface area contributed by atoms with Gasteiger partial charge in [-0.2, -0.15) is 0 Å². The zero-order valence-electron chi connectivity index (χ0n) is 15.2. The molecule has 0 aliphatic carbocycles. The number of para-hydroxylation sites is 1. The minimum atomic E-state index is -0.301. The summed E-state index contributed by atoms with van der Waals surface area (Å²) in [6.07, 6.45) is 2.63. The van der Waals surface area contributed by atoms with Gasteiger partial charge in [0.15, 0.2) is 11.0 Å². The SMILES string of the molecule is C=CCn1c(SCC(=O)N2CCc3ccccc32)nnc1-c1ccc(F)cc1. The Hall–Kier alpha value is -2.93. The zero-order valence-corrected chi connectivity index (χ0v) is 16.0. The summed E-state index contributed by atoms with van der Waals surface area (Å²) in [7, 11) is 0. The van der Waals surface area contributed by atoms with E-state index >= 15 is 0 Å². The number of fused-ring (bicyclic) bond motifs is 1. The quantitative estimate of drug-likeness (QED) is 0.469. The lowest BCUT2D eigenvalue weighted by Gasteiger charge is -2.17. The third-order valence-corrected chi connectivity index (χ3v) is 5.60. The summed E-state index contributed by atoms with van der Waals surface area (Å²) >= 11 is 1.35. The Morgan fingerprint density at radius 2 is 1.96 bits per heavy atom. The summed E-state index contributed by atoms with van der Waals surface area (Å²) in [6.45, 7) is 5.00. The van der Waals surface area contributed by atoms with Crippen molar-refractivity contribution in [2.75, 3.05) is 17.2 Å². The maximum Gasteiger partial charge on any atom is 0.237 e. The van der Waals surface area contributed by atoms with E-state index in [-0.39, 0.29) is 17.5 Å². The molecule has 0 atom stereocenters. The van der Waals surface area contributed by atoms with E-state index in [4.69, 9.17) is 0 Å². The van der Waals surface area contributed by atoms with E-state index in [1.54, 1.807) is 18.2 Å². The number of halogens is 1. The Labute approximate surface area is 166 Å². The molecule has 3 aromatic rings. The van der Waals surface area contributed by atoms with Crippen LogP contribution in [0.2, 0.25) is 0 Å². The van der Waals surface area contributed by atoms with Gasteiger partial charge >= 0.3 is 0 Å². The standard InChI is InChI=1S/C21H19FN4OS/c1-2-12-26-20(16-7-9-17(22)10-8-16)23-24-21(26)28-14-19(27)25-13-11-15-5-3-4-6-18(15)25/h2-10H,1,11-14H2. The fourth-order valence-corrected chi connectivity index (χ4v) is 4.13. The number of carbonyl (C=O) groups excluding carboxylic acids is 1. The van der Waals surface area contributed by atoms with Crippen molar-refractivity contribution in [3.63, 3.8) is 0 Å². The van der Waals surface area contributed by atoms with Crippen LogP contribution >= 0.6 is 11.8 Å². The highest BCUT2D eigenvalue weighted by molar-refractivity contribution is 7.99. The average Bonchev–Trinajstić information content (AvgIpc) is 3.31. The molecular formula is C21H19FN4OS. The molecule has 4 rings (SSSR count). The van der Waals surface area contributed by atoms with Crippen LogP contribution in [-0.2, 0) is 17.8 Å². The van der Waals surface area contributed by atoms with E-state index in [0.717, 1.165) is 17.7 Å². The van der Waals surface area contributed by atoms with E-state index in [9.17, 15) is 9.18 Å². The number of carbonyl (C=O) groups is 1. The molecule has 1 aromatic heterocycles. The van der Waals surface area contributed by atoms with Crippen molar-refractivity contribution >= 4 is 23.4 Å². The molecule has 0 saturated heterocycles. The summed E-state index contributed by atoms with van der Waals surface area (Å²) in [4.78, 5) is 14.6. The van der Waals surface area contributed by atoms with Crippen molar-refractivity contribution in [2.24, 2.45) is 0 Å². The second-order valence-corrected chi connectivity index (χ2v) is 7.37.